The molecule has 4 rings (SSSR count). The highest BCUT2D eigenvalue weighted by Crippen LogP contribution is 2.22. The number of likely N-dealkylation sites (tertiary alicyclic amines) is 1. The van der Waals surface area contributed by atoms with Gasteiger partial charge >= 0.3 is 0 Å². The number of aliphatic hydroxyl groups is 1. The Morgan fingerprint density at radius 3 is 2.62 bits per heavy atom. The van der Waals surface area contributed by atoms with E-state index in [2.05, 4.69) is 15.1 Å². The zero-order valence-electron chi connectivity index (χ0n) is 16.7. The van der Waals surface area contributed by atoms with Crippen molar-refractivity contribution in [1.29, 1.82) is 0 Å². The summed E-state index contributed by atoms with van der Waals surface area (Å²) in [5, 5.41) is 14.9. The van der Waals surface area contributed by atoms with E-state index in [-0.39, 0.29) is 11.8 Å². The van der Waals surface area contributed by atoms with E-state index in [1.165, 1.54) is 0 Å². The molecule has 0 radical (unpaired) electrons. The number of aromatic nitrogens is 4. The van der Waals surface area contributed by atoms with Gasteiger partial charge in [0.25, 0.3) is 5.91 Å². The fraction of sp³-hybridized carbons (Fsp3) is 0.364. The lowest BCUT2D eigenvalue weighted by atomic mass is 10.0. The molecule has 2 aromatic heterocycles. The van der Waals surface area contributed by atoms with Gasteiger partial charge in [-0.3, -0.25) is 19.4 Å². The zero-order valence-corrected chi connectivity index (χ0v) is 16.7. The summed E-state index contributed by atoms with van der Waals surface area (Å²) in [5.41, 5.74) is 4.67. The van der Waals surface area contributed by atoms with Gasteiger partial charge in [-0.15, -0.1) is 0 Å². The standard InChI is InChI=1S/C22H25N5O2/c1-15-9-16(2)27(25-15)12-17-3-5-18(6-4-17)22(29)26-13-19(21(28)14-26)10-20-11-23-7-8-24-20/h3-9,11,19,21,28H,10,12-14H2,1-2H3/t19-,21-/m1/s1. The molecule has 1 N–H and O–H groups in total. The highest BCUT2D eigenvalue weighted by molar-refractivity contribution is 5.94. The Hall–Kier alpha value is -3.06. The van der Waals surface area contributed by atoms with Crippen LogP contribution in [0.4, 0.5) is 0 Å². The molecule has 1 amide bonds. The molecule has 0 saturated carbocycles. The molecule has 7 nitrogen and oxygen atoms in total. The second kappa shape index (κ2) is 8.13. The van der Waals surface area contributed by atoms with Gasteiger partial charge in [0.15, 0.2) is 0 Å². The normalized spacial score (nSPS) is 18.9. The third-order valence-electron chi connectivity index (χ3n) is 5.42. The minimum absolute atomic E-state index is 0.0269. The van der Waals surface area contributed by atoms with Crippen LogP contribution < -0.4 is 0 Å². The van der Waals surface area contributed by atoms with Crippen molar-refractivity contribution in [3.05, 3.63) is 77.1 Å². The molecule has 7 heteroatoms. The van der Waals surface area contributed by atoms with E-state index in [0.717, 1.165) is 22.6 Å². The average Bonchev–Trinajstić information content (AvgIpc) is 3.24. The fourth-order valence-electron chi connectivity index (χ4n) is 3.87. The average molecular weight is 391 g/mol. The summed E-state index contributed by atoms with van der Waals surface area (Å²) >= 11 is 0. The molecule has 1 saturated heterocycles. The summed E-state index contributed by atoms with van der Waals surface area (Å²) in [7, 11) is 0. The fourth-order valence-corrected chi connectivity index (χ4v) is 3.87. The maximum atomic E-state index is 12.9. The number of β-amino-alcohol motifs (C(OH)–C–C–N with tert-alkyl or cyclic N) is 1. The highest BCUT2D eigenvalue weighted by atomic mass is 16.3. The monoisotopic (exact) mass is 391 g/mol. The van der Waals surface area contributed by atoms with Crippen LogP contribution in [0.2, 0.25) is 0 Å². The Morgan fingerprint density at radius 1 is 1.17 bits per heavy atom. The first-order chi connectivity index (χ1) is 14.0. The number of carbonyl (C=O) groups excluding carboxylic acids is 1. The van der Waals surface area contributed by atoms with Crippen molar-refractivity contribution in [3.63, 3.8) is 0 Å². The Kier molecular flexibility index (Phi) is 5.40. The van der Waals surface area contributed by atoms with Crippen molar-refractivity contribution in [1.82, 2.24) is 24.6 Å². The summed E-state index contributed by atoms with van der Waals surface area (Å²) in [6.45, 7) is 5.56. The lowest BCUT2D eigenvalue weighted by Gasteiger charge is -2.16. The lowest BCUT2D eigenvalue weighted by molar-refractivity contribution is 0.0764. The Labute approximate surface area is 170 Å². The molecule has 3 aromatic rings. The summed E-state index contributed by atoms with van der Waals surface area (Å²) in [4.78, 5) is 23.0. The zero-order chi connectivity index (χ0) is 20.4. The van der Waals surface area contributed by atoms with Crippen molar-refractivity contribution in [3.8, 4) is 0 Å². The molecule has 1 aliphatic rings. The molecule has 1 aromatic carbocycles. The van der Waals surface area contributed by atoms with Crippen molar-refractivity contribution in [2.75, 3.05) is 13.1 Å². The second-order valence-electron chi connectivity index (χ2n) is 7.72. The molecule has 0 aliphatic carbocycles. The SMILES string of the molecule is Cc1cc(C)n(Cc2ccc(C(=O)N3C[C@@H](Cc4cnccn4)[C@H](O)C3)cc2)n1. The summed E-state index contributed by atoms with van der Waals surface area (Å²) < 4.78 is 1.96. The van der Waals surface area contributed by atoms with Gasteiger partial charge in [-0.1, -0.05) is 12.1 Å². The van der Waals surface area contributed by atoms with Crippen LogP contribution in [0.5, 0.6) is 0 Å². The predicted molar refractivity (Wildman–Crippen MR) is 108 cm³/mol. The van der Waals surface area contributed by atoms with Crippen molar-refractivity contribution in [2.24, 2.45) is 5.92 Å². The van der Waals surface area contributed by atoms with E-state index in [4.69, 9.17) is 0 Å². The van der Waals surface area contributed by atoms with Gasteiger partial charge in [0.05, 0.1) is 24.0 Å². The van der Waals surface area contributed by atoms with Gasteiger partial charge in [-0.05, 0) is 44.0 Å². The van der Waals surface area contributed by atoms with Gasteiger partial charge in [-0.2, -0.15) is 5.10 Å². The molecule has 2 atom stereocenters. The number of hydrogen-bond donors (Lipinski definition) is 1. The summed E-state index contributed by atoms with van der Waals surface area (Å²) in [5.74, 6) is -0.0793. The van der Waals surface area contributed by atoms with E-state index >= 15 is 0 Å². The Balaban J connectivity index is 1.40. The van der Waals surface area contributed by atoms with E-state index in [9.17, 15) is 9.90 Å². The second-order valence-corrected chi connectivity index (χ2v) is 7.72. The third kappa shape index (κ3) is 4.35. The predicted octanol–water partition coefficient (Wildman–Crippen LogP) is 2.01. The van der Waals surface area contributed by atoms with Crippen LogP contribution in [-0.4, -0.2) is 54.9 Å². The third-order valence-corrected chi connectivity index (χ3v) is 5.42. The molecule has 150 valence electrons. The number of benzene rings is 1. The number of nitrogens with zero attached hydrogens (tertiary/aromatic N) is 5. The van der Waals surface area contributed by atoms with E-state index in [1.54, 1.807) is 23.5 Å². The molecule has 0 unspecified atom stereocenters. The molecular weight excluding hydrogens is 366 g/mol. The molecule has 0 spiro atoms. The van der Waals surface area contributed by atoms with Crippen LogP contribution in [0.1, 0.15) is 33.0 Å². The maximum absolute atomic E-state index is 12.9. The topological polar surface area (TPSA) is 84.1 Å². The number of aliphatic hydroxyl groups excluding tert-OH is 1. The van der Waals surface area contributed by atoms with Crippen LogP contribution in [0.25, 0.3) is 0 Å². The molecule has 1 aliphatic heterocycles. The number of rotatable bonds is 5. The molecule has 3 heterocycles. The van der Waals surface area contributed by atoms with Gasteiger partial charge < -0.3 is 10.0 Å². The first kappa shape index (κ1) is 19.3. The first-order valence-corrected chi connectivity index (χ1v) is 9.82. The van der Waals surface area contributed by atoms with E-state index in [0.29, 0.717) is 31.6 Å². The van der Waals surface area contributed by atoms with Crippen molar-refractivity contribution >= 4 is 5.91 Å². The lowest BCUT2D eigenvalue weighted by Crippen LogP contribution is -2.29. The minimum Gasteiger partial charge on any atom is -0.391 e. The van der Waals surface area contributed by atoms with Gasteiger partial charge in [0.1, 0.15) is 0 Å². The molecule has 29 heavy (non-hydrogen) atoms. The van der Waals surface area contributed by atoms with Crippen LogP contribution in [0.15, 0.2) is 48.9 Å². The van der Waals surface area contributed by atoms with Gasteiger partial charge in [-0.25, -0.2) is 0 Å². The quantitative estimate of drug-likeness (QED) is 0.719. The van der Waals surface area contributed by atoms with Crippen LogP contribution in [-0.2, 0) is 13.0 Å². The van der Waals surface area contributed by atoms with Crippen LogP contribution >= 0.6 is 0 Å². The molecule has 1 fully saturated rings. The van der Waals surface area contributed by atoms with Gasteiger partial charge in [0, 0.05) is 48.9 Å². The largest absolute Gasteiger partial charge is 0.391 e. The smallest absolute Gasteiger partial charge is 0.253 e. The number of carbonyl (C=O) groups is 1. The van der Waals surface area contributed by atoms with Crippen LogP contribution in [0, 0.1) is 19.8 Å². The Morgan fingerprint density at radius 2 is 1.97 bits per heavy atom. The summed E-state index contributed by atoms with van der Waals surface area (Å²) in [6, 6.07) is 9.69. The number of amides is 1. The van der Waals surface area contributed by atoms with E-state index < -0.39 is 6.10 Å². The van der Waals surface area contributed by atoms with Gasteiger partial charge in [0.2, 0.25) is 0 Å². The number of hydrogen-bond acceptors (Lipinski definition) is 5. The first-order valence-electron chi connectivity index (χ1n) is 9.82. The van der Waals surface area contributed by atoms with E-state index in [1.807, 2.05) is 48.9 Å². The highest BCUT2D eigenvalue weighted by Gasteiger charge is 2.34. The minimum atomic E-state index is -0.550. The van der Waals surface area contributed by atoms with Crippen molar-refractivity contribution in [2.45, 2.75) is 32.9 Å². The summed E-state index contributed by atoms with van der Waals surface area (Å²) in [6.07, 6.45) is 5.04. The number of aryl methyl sites for hydroxylation is 2. The molecule has 0 bridgehead atoms. The maximum Gasteiger partial charge on any atom is 0.253 e. The molecular formula is C22H25N5O2. The van der Waals surface area contributed by atoms with Crippen LogP contribution in [0.3, 0.4) is 0 Å². The van der Waals surface area contributed by atoms with Crippen molar-refractivity contribution < 1.29 is 9.90 Å². The Bertz CT molecular complexity index is 984.